The second-order valence-corrected chi connectivity index (χ2v) is 4.46. The van der Waals surface area contributed by atoms with Crippen LogP contribution in [0.4, 0.5) is 0 Å². The maximum absolute atomic E-state index is 11.5. The highest BCUT2D eigenvalue weighted by atomic mass is 35.5. The smallest absolute Gasteiger partial charge is 0.263 e. The molecule has 0 aliphatic rings. The zero-order chi connectivity index (χ0) is 13.8. The van der Waals surface area contributed by atoms with Gasteiger partial charge in [0.1, 0.15) is 11.6 Å². The monoisotopic (exact) mass is 272 g/mol. The molecule has 0 aromatic carbocycles. The van der Waals surface area contributed by atoms with Crippen LogP contribution < -0.4 is 10.6 Å². The van der Waals surface area contributed by atoms with E-state index in [0.717, 1.165) is 19.5 Å². The van der Waals surface area contributed by atoms with Crippen LogP contribution in [0.3, 0.4) is 0 Å². The molecule has 0 aromatic heterocycles. The van der Waals surface area contributed by atoms with Crippen LogP contribution in [0.25, 0.3) is 0 Å². The largest absolute Gasteiger partial charge is 0.390 e. The molecule has 0 rings (SSSR count). The molecule has 0 saturated heterocycles. The number of hydrogen-bond acceptors (Lipinski definition) is 4. The van der Waals surface area contributed by atoms with E-state index in [0.29, 0.717) is 18.8 Å². The molecule has 2 N–H and O–H groups in total. The van der Waals surface area contributed by atoms with E-state index in [1.54, 1.807) is 0 Å². The zero-order valence-corrected chi connectivity index (χ0v) is 11.8. The van der Waals surface area contributed by atoms with E-state index < -0.39 is 0 Å². The molecule has 0 aliphatic heterocycles. The third kappa shape index (κ3) is 8.85. The van der Waals surface area contributed by atoms with Crippen molar-refractivity contribution in [2.45, 2.75) is 12.8 Å². The summed E-state index contributed by atoms with van der Waals surface area (Å²) < 4.78 is 0. The number of rotatable bonds is 9. The molecule has 1 amide bonds. The summed E-state index contributed by atoms with van der Waals surface area (Å²) in [5.74, 6) is 0.136. The predicted molar refractivity (Wildman–Crippen MR) is 73.2 cm³/mol. The van der Waals surface area contributed by atoms with Gasteiger partial charge < -0.3 is 15.5 Å². The first-order valence-electron chi connectivity index (χ1n) is 5.94. The first kappa shape index (κ1) is 16.8. The molecule has 18 heavy (non-hydrogen) atoms. The van der Waals surface area contributed by atoms with Gasteiger partial charge in [-0.15, -0.1) is 11.6 Å². The standard InChI is InChI=1S/C12H21ClN4O/c1-17(2)8-4-6-15-10-11(9-14)12(18)16-7-3-5-13/h10,15H,3-8H2,1-2H3,(H,16,18)/b11-10-. The van der Waals surface area contributed by atoms with E-state index in [-0.39, 0.29) is 11.5 Å². The van der Waals surface area contributed by atoms with Crippen LogP contribution in [0, 0.1) is 11.3 Å². The van der Waals surface area contributed by atoms with Crippen molar-refractivity contribution in [3.8, 4) is 6.07 Å². The van der Waals surface area contributed by atoms with Gasteiger partial charge in [0, 0.05) is 25.2 Å². The Morgan fingerprint density at radius 1 is 1.39 bits per heavy atom. The minimum absolute atomic E-state index is 0.0921. The first-order chi connectivity index (χ1) is 8.61. The van der Waals surface area contributed by atoms with Crippen molar-refractivity contribution in [2.75, 3.05) is 39.6 Å². The van der Waals surface area contributed by atoms with Crippen molar-refractivity contribution >= 4 is 17.5 Å². The van der Waals surface area contributed by atoms with E-state index >= 15 is 0 Å². The Labute approximate surface area is 114 Å². The van der Waals surface area contributed by atoms with Gasteiger partial charge in [0.25, 0.3) is 5.91 Å². The topological polar surface area (TPSA) is 68.2 Å². The van der Waals surface area contributed by atoms with Gasteiger partial charge in [0.15, 0.2) is 0 Å². The number of alkyl halides is 1. The maximum Gasteiger partial charge on any atom is 0.263 e. The van der Waals surface area contributed by atoms with Crippen LogP contribution >= 0.6 is 11.6 Å². The number of carbonyl (C=O) groups excluding carboxylic acids is 1. The van der Waals surface area contributed by atoms with E-state index in [2.05, 4.69) is 15.5 Å². The number of amides is 1. The summed E-state index contributed by atoms with van der Waals surface area (Å²) in [6.45, 7) is 2.19. The summed E-state index contributed by atoms with van der Waals surface area (Å²) >= 11 is 5.50. The van der Waals surface area contributed by atoms with Gasteiger partial charge in [-0.25, -0.2) is 0 Å². The second kappa shape index (κ2) is 10.9. The van der Waals surface area contributed by atoms with Crippen molar-refractivity contribution in [1.82, 2.24) is 15.5 Å². The molecule has 0 saturated carbocycles. The lowest BCUT2D eigenvalue weighted by molar-refractivity contribution is -0.117. The highest BCUT2D eigenvalue weighted by Gasteiger charge is 2.06. The second-order valence-electron chi connectivity index (χ2n) is 4.08. The molecule has 6 heteroatoms. The first-order valence-corrected chi connectivity index (χ1v) is 6.47. The SMILES string of the molecule is CN(C)CCCN/C=C(/C#N)C(=O)NCCCCl. The van der Waals surface area contributed by atoms with Crippen LogP contribution in [0.5, 0.6) is 0 Å². The fourth-order valence-electron chi connectivity index (χ4n) is 1.18. The van der Waals surface area contributed by atoms with Crippen LogP contribution in [0.2, 0.25) is 0 Å². The number of hydrogen-bond donors (Lipinski definition) is 2. The minimum Gasteiger partial charge on any atom is -0.390 e. The Morgan fingerprint density at radius 2 is 2.11 bits per heavy atom. The summed E-state index contributed by atoms with van der Waals surface area (Å²) in [6, 6.07) is 1.87. The van der Waals surface area contributed by atoms with Gasteiger partial charge in [-0.05, 0) is 33.5 Å². The average Bonchev–Trinajstić information content (AvgIpc) is 2.33. The maximum atomic E-state index is 11.5. The van der Waals surface area contributed by atoms with Crippen LogP contribution in [-0.4, -0.2) is 50.4 Å². The van der Waals surface area contributed by atoms with E-state index in [1.165, 1.54) is 6.20 Å². The van der Waals surface area contributed by atoms with Crippen molar-refractivity contribution in [2.24, 2.45) is 0 Å². The van der Waals surface area contributed by atoms with E-state index in [4.69, 9.17) is 16.9 Å². The van der Waals surface area contributed by atoms with Crippen molar-refractivity contribution in [3.05, 3.63) is 11.8 Å². The third-order valence-corrected chi connectivity index (χ3v) is 2.40. The Balaban J connectivity index is 3.92. The van der Waals surface area contributed by atoms with Gasteiger partial charge in [0.05, 0.1) is 0 Å². The molecule has 0 atom stereocenters. The average molecular weight is 273 g/mol. The fourth-order valence-corrected chi connectivity index (χ4v) is 1.32. The lowest BCUT2D eigenvalue weighted by Gasteiger charge is -2.08. The number of nitriles is 1. The molecular weight excluding hydrogens is 252 g/mol. The summed E-state index contributed by atoms with van der Waals surface area (Å²) in [5, 5.41) is 14.4. The van der Waals surface area contributed by atoms with Gasteiger partial charge in [-0.2, -0.15) is 5.26 Å². The van der Waals surface area contributed by atoms with Crippen molar-refractivity contribution in [3.63, 3.8) is 0 Å². The number of nitrogens with zero attached hydrogens (tertiary/aromatic N) is 2. The molecule has 0 heterocycles. The Morgan fingerprint density at radius 3 is 2.67 bits per heavy atom. The van der Waals surface area contributed by atoms with Gasteiger partial charge in [-0.3, -0.25) is 4.79 Å². The Hall–Kier alpha value is -1.25. The quantitative estimate of drug-likeness (QED) is 0.280. The van der Waals surface area contributed by atoms with Crippen molar-refractivity contribution < 1.29 is 4.79 Å². The molecule has 5 nitrogen and oxygen atoms in total. The summed E-state index contributed by atoms with van der Waals surface area (Å²) in [6.07, 6.45) is 3.12. The minimum atomic E-state index is -0.359. The fraction of sp³-hybridized carbons (Fsp3) is 0.667. The van der Waals surface area contributed by atoms with Gasteiger partial charge >= 0.3 is 0 Å². The number of nitrogens with one attached hydrogen (secondary N) is 2. The molecule has 0 aliphatic carbocycles. The molecular formula is C12H21ClN4O. The summed E-state index contributed by atoms with van der Waals surface area (Å²) in [7, 11) is 4.00. The zero-order valence-electron chi connectivity index (χ0n) is 11.0. The molecule has 0 fully saturated rings. The lowest BCUT2D eigenvalue weighted by atomic mass is 10.3. The third-order valence-electron chi connectivity index (χ3n) is 2.13. The number of halogens is 1. The van der Waals surface area contributed by atoms with E-state index in [1.807, 2.05) is 20.2 Å². The summed E-state index contributed by atoms with van der Waals surface area (Å²) in [4.78, 5) is 13.6. The molecule has 0 radical (unpaired) electrons. The van der Waals surface area contributed by atoms with E-state index in [9.17, 15) is 4.79 Å². The molecule has 0 aromatic rings. The molecule has 0 spiro atoms. The van der Waals surface area contributed by atoms with Crippen molar-refractivity contribution in [1.29, 1.82) is 5.26 Å². The normalized spacial score (nSPS) is 11.2. The Bertz CT molecular complexity index is 310. The van der Waals surface area contributed by atoms with Crippen LogP contribution in [0.1, 0.15) is 12.8 Å². The highest BCUT2D eigenvalue weighted by Crippen LogP contribution is 1.91. The predicted octanol–water partition coefficient (Wildman–Crippen LogP) is 0.680. The van der Waals surface area contributed by atoms with Gasteiger partial charge in [-0.1, -0.05) is 0 Å². The van der Waals surface area contributed by atoms with Crippen LogP contribution in [-0.2, 0) is 4.79 Å². The van der Waals surface area contributed by atoms with Gasteiger partial charge in [0.2, 0.25) is 0 Å². The molecule has 0 bridgehead atoms. The molecule has 0 unspecified atom stereocenters. The van der Waals surface area contributed by atoms with Crippen LogP contribution in [0.15, 0.2) is 11.8 Å². The number of carbonyl (C=O) groups is 1. The highest BCUT2D eigenvalue weighted by molar-refractivity contribution is 6.17. The lowest BCUT2D eigenvalue weighted by Crippen LogP contribution is -2.27. The molecule has 102 valence electrons. The summed E-state index contributed by atoms with van der Waals surface area (Å²) in [5.41, 5.74) is 0.0921. The Kier molecular flexibility index (Phi) is 10.1.